The number of sulfonamides is 1. The fourth-order valence-electron chi connectivity index (χ4n) is 0.797. The maximum absolute atomic E-state index is 10.8. The van der Waals surface area contributed by atoms with E-state index in [0.29, 0.717) is 10.7 Å². The third-order valence-corrected chi connectivity index (χ3v) is 2.18. The molecule has 11 heavy (non-hydrogen) atoms. The Bertz CT molecular complexity index is 464. The molecule has 5 nitrogen and oxygen atoms in total. The van der Waals surface area contributed by atoms with Gasteiger partial charge in [0.2, 0.25) is 0 Å². The van der Waals surface area contributed by atoms with Crippen molar-refractivity contribution < 1.29 is 8.42 Å². The van der Waals surface area contributed by atoms with E-state index < -0.39 is 10.0 Å². The lowest BCUT2D eigenvalue weighted by Crippen LogP contribution is -2.24. The average Bonchev–Trinajstić information content (AvgIpc) is 2.21. The molecule has 0 N–H and O–H groups in total. The Kier molecular flexibility index (Phi) is 1.08. The highest BCUT2D eigenvalue weighted by Crippen LogP contribution is 1.93. The molecule has 0 atom stereocenters. The van der Waals surface area contributed by atoms with E-state index in [1.807, 2.05) is 0 Å². The first kappa shape index (κ1) is 6.41. The monoisotopic (exact) mass is 169 g/mol. The quantitative estimate of drug-likeness (QED) is 0.458. The third kappa shape index (κ3) is 1.01. The van der Waals surface area contributed by atoms with Crippen molar-refractivity contribution in [1.82, 2.24) is 9.97 Å². The summed E-state index contributed by atoms with van der Waals surface area (Å²) in [5.74, 6) is 0. The molecule has 0 saturated heterocycles. The zero-order chi connectivity index (χ0) is 7.90. The minimum Gasteiger partial charge on any atom is -0.242 e. The number of hydrogen-bond acceptors (Lipinski definition) is 4. The van der Waals surface area contributed by atoms with Crippen LogP contribution in [0.15, 0.2) is 16.9 Å². The summed E-state index contributed by atoms with van der Waals surface area (Å²) in [5.41, 5.74) is 0. The Balaban J connectivity index is 3.03. The number of fused-ring (bicyclic) bond motifs is 1. The summed E-state index contributed by atoms with van der Waals surface area (Å²) in [6, 6.07) is 0. The Morgan fingerprint density at radius 2 is 2.18 bits per heavy atom. The first-order valence-electron chi connectivity index (χ1n) is 2.80. The van der Waals surface area contributed by atoms with Crippen LogP contribution in [-0.2, 0) is 10.0 Å². The summed E-state index contributed by atoms with van der Waals surface area (Å²) < 4.78 is 25.0. The summed E-state index contributed by atoms with van der Waals surface area (Å²) in [6.07, 6.45) is 2.65. The van der Waals surface area contributed by atoms with Crippen molar-refractivity contribution in [2.45, 2.75) is 0 Å². The molecule has 0 aliphatic carbocycles. The van der Waals surface area contributed by atoms with Gasteiger partial charge in [0.25, 0.3) is 10.0 Å². The number of aromatic nitrogens is 2. The summed E-state index contributed by atoms with van der Waals surface area (Å²) in [4.78, 5) is 7.35. The molecule has 1 aromatic heterocycles. The van der Waals surface area contributed by atoms with E-state index in [2.05, 4.69) is 14.4 Å². The van der Waals surface area contributed by atoms with Crippen LogP contribution in [-0.4, -0.2) is 18.4 Å². The lowest BCUT2D eigenvalue weighted by molar-refractivity contribution is 0.608. The lowest BCUT2D eigenvalue weighted by Gasteiger charge is -1.76. The molecule has 6 heteroatoms. The predicted molar refractivity (Wildman–Crippen MR) is 36.2 cm³/mol. The second-order valence-electron chi connectivity index (χ2n) is 2.02. The first-order valence-corrected chi connectivity index (χ1v) is 4.30. The van der Waals surface area contributed by atoms with Gasteiger partial charge in [-0.1, -0.05) is 0 Å². The van der Waals surface area contributed by atoms with Crippen LogP contribution in [0.4, 0.5) is 0 Å². The van der Waals surface area contributed by atoms with Crippen molar-refractivity contribution in [2.75, 3.05) is 0 Å². The highest BCUT2D eigenvalue weighted by atomic mass is 32.2. The SMILES string of the molecule is O=S1(=O)C=c2ncncc2=N1. The second kappa shape index (κ2) is 1.85. The van der Waals surface area contributed by atoms with Crippen molar-refractivity contribution in [3.8, 4) is 0 Å². The summed E-state index contributed by atoms with van der Waals surface area (Å²) >= 11 is 0. The maximum Gasteiger partial charge on any atom is 0.278 e. The number of nitrogens with zero attached hydrogens (tertiary/aromatic N) is 3. The fourth-order valence-corrected chi connectivity index (χ4v) is 1.73. The Labute approximate surface area is 62.2 Å². The molecular formula is C5H3N3O2S. The fraction of sp³-hybridized carbons (Fsp3) is 0. The second-order valence-corrected chi connectivity index (χ2v) is 3.47. The van der Waals surface area contributed by atoms with Crippen LogP contribution in [0.2, 0.25) is 0 Å². The van der Waals surface area contributed by atoms with Crippen molar-refractivity contribution >= 4 is 15.4 Å². The van der Waals surface area contributed by atoms with E-state index in [1.165, 1.54) is 12.5 Å². The zero-order valence-corrected chi connectivity index (χ0v) is 6.11. The van der Waals surface area contributed by atoms with Crippen molar-refractivity contribution in [3.63, 3.8) is 0 Å². The van der Waals surface area contributed by atoms with Gasteiger partial charge in [-0.25, -0.2) is 9.97 Å². The van der Waals surface area contributed by atoms with E-state index in [1.54, 1.807) is 0 Å². The van der Waals surface area contributed by atoms with Gasteiger partial charge in [0.15, 0.2) is 0 Å². The van der Waals surface area contributed by atoms with Crippen LogP contribution >= 0.6 is 0 Å². The minimum atomic E-state index is -3.41. The van der Waals surface area contributed by atoms with E-state index in [9.17, 15) is 8.42 Å². The molecule has 1 aromatic rings. The molecule has 56 valence electrons. The van der Waals surface area contributed by atoms with Gasteiger partial charge in [-0.05, 0) is 0 Å². The van der Waals surface area contributed by atoms with Gasteiger partial charge in [0.1, 0.15) is 17.0 Å². The Morgan fingerprint density at radius 1 is 1.36 bits per heavy atom. The van der Waals surface area contributed by atoms with E-state index in [0.717, 1.165) is 5.41 Å². The van der Waals surface area contributed by atoms with E-state index in [-0.39, 0.29) is 0 Å². The van der Waals surface area contributed by atoms with Gasteiger partial charge in [-0.2, -0.15) is 12.8 Å². The van der Waals surface area contributed by atoms with E-state index in [4.69, 9.17) is 0 Å². The molecule has 0 bridgehead atoms. The van der Waals surface area contributed by atoms with Gasteiger partial charge in [0, 0.05) is 0 Å². The van der Waals surface area contributed by atoms with E-state index >= 15 is 0 Å². The standard InChI is InChI=1S/C5H3N3O2S/c9-11(10)2-5-4(8-11)1-6-3-7-5/h1-3H. The molecule has 1 aliphatic heterocycles. The molecule has 0 amide bonds. The van der Waals surface area contributed by atoms with Crippen LogP contribution in [0.5, 0.6) is 0 Å². The molecule has 0 unspecified atom stereocenters. The third-order valence-electron chi connectivity index (χ3n) is 1.21. The molecule has 0 fully saturated rings. The smallest absolute Gasteiger partial charge is 0.242 e. The van der Waals surface area contributed by atoms with Crippen LogP contribution < -0.4 is 10.7 Å². The Morgan fingerprint density at radius 3 is 2.91 bits per heavy atom. The van der Waals surface area contributed by atoms with Crippen LogP contribution in [0.3, 0.4) is 0 Å². The van der Waals surface area contributed by atoms with Gasteiger partial charge in [0.05, 0.1) is 11.6 Å². The topological polar surface area (TPSA) is 72.3 Å². The average molecular weight is 169 g/mol. The molecule has 2 rings (SSSR count). The summed E-state index contributed by atoms with van der Waals surface area (Å²) in [7, 11) is -3.41. The van der Waals surface area contributed by atoms with Gasteiger partial charge in [-0.15, -0.1) is 0 Å². The van der Waals surface area contributed by atoms with Crippen molar-refractivity contribution in [3.05, 3.63) is 23.2 Å². The summed E-state index contributed by atoms with van der Waals surface area (Å²) in [6.45, 7) is 0. The lowest BCUT2D eigenvalue weighted by atomic mass is 10.5. The first-order chi connectivity index (χ1) is 5.17. The molecule has 0 saturated carbocycles. The van der Waals surface area contributed by atoms with Gasteiger partial charge < -0.3 is 0 Å². The normalized spacial score (nSPS) is 18.2. The van der Waals surface area contributed by atoms with Crippen molar-refractivity contribution in [2.24, 2.45) is 4.40 Å². The predicted octanol–water partition coefficient (Wildman–Crippen LogP) is -1.82. The Hall–Kier alpha value is -1.30. The van der Waals surface area contributed by atoms with Crippen LogP contribution in [0.1, 0.15) is 0 Å². The van der Waals surface area contributed by atoms with Crippen LogP contribution in [0, 0.1) is 0 Å². The molecule has 0 aromatic carbocycles. The highest BCUT2D eigenvalue weighted by Gasteiger charge is 2.09. The van der Waals surface area contributed by atoms with Crippen LogP contribution in [0.25, 0.3) is 5.41 Å². The van der Waals surface area contributed by atoms with Crippen molar-refractivity contribution in [1.29, 1.82) is 0 Å². The molecule has 0 spiro atoms. The summed E-state index contributed by atoms with van der Waals surface area (Å²) in [5, 5.41) is 1.69. The maximum atomic E-state index is 10.8. The number of rotatable bonds is 0. The highest BCUT2D eigenvalue weighted by molar-refractivity contribution is 7.97. The van der Waals surface area contributed by atoms with Gasteiger partial charge in [-0.3, -0.25) is 0 Å². The number of hydrogen-bond donors (Lipinski definition) is 0. The molecular weight excluding hydrogens is 166 g/mol. The minimum absolute atomic E-state index is 0.313. The van der Waals surface area contributed by atoms with Gasteiger partial charge >= 0.3 is 0 Å². The molecule has 0 radical (unpaired) electrons. The largest absolute Gasteiger partial charge is 0.278 e. The molecule has 1 aliphatic rings. The zero-order valence-electron chi connectivity index (χ0n) is 5.30. The molecule has 2 heterocycles.